The van der Waals surface area contributed by atoms with Crippen molar-refractivity contribution in [3.05, 3.63) is 28.3 Å². The van der Waals surface area contributed by atoms with Gasteiger partial charge in [0.25, 0.3) is 5.69 Å². The summed E-state index contributed by atoms with van der Waals surface area (Å²) in [5, 5.41) is 12.0. The summed E-state index contributed by atoms with van der Waals surface area (Å²) in [6.07, 6.45) is 4.77. The second-order valence-corrected chi connectivity index (χ2v) is 9.24. The van der Waals surface area contributed by atoms with Gasteiger partial charge < -0.3 is 9.80 Å². The molecule has 1 aliphatic carbocycles. The van der Waals surface area contributed by atoms with Crippen molar-refractivity contribution in [2.75, 3.05) is 36.0 Å². The van der Waals surface area contributed by atoms with Crippen LogP contribution < -0.4 is 9.80 Å². The van der Waals surface area contributed by atoms with Gasteiger partial charge in [0.05, 0.1) is 28.4 Å². The number of nitrogens with zero attached hydrogens (tertiary/aromatic N) is 4. The summed E-state index contributed by atoms with van der Waals surface area (Å²) < 4.78 is 0. The van der Waals surface area contributed by atoms with Gasteiger partial charge in [-0.3, -0.25) is 24.5 Å². The first-order valence-corrected chi connectivity index (χ1v) is 12.1. The van der Waals surface area contributed by atoms with E-state index in [9.17, 15) is 24.5 Å². The van der Waals surface area contributed by atoms with Crippen molar-refractivity contribution in [1.29, 1.82) is 0 Å². The van der Waals surface area contributed by atoms with Gasteiger partial charge in [-0.15, -0.1) is 0 Å². The van der Waals surface area contributed by atoms with E-state index in [1.54, 1.807) is 17.0 Å². The lowest BCUT2D eigenvalue weighted by Gasteiger charge is -2.35. The van der Waals surface area contributed by atoms with Gasteiger partial charge in [-0.25, -0.2) is 4.90 Å². The highest BCUT2D eigenvalue weighted by atomic mass is 16.6. The van der Waals surface area contributed by atoms with Crippen LogP contribution in [0.15, 0.2) is 18.2 Å². The predicted octanol–water partition coefficient (Wildman–Crippen LogP) is 3.36. The minimum Gasteiger partial charge on any atom is -0.365 e. The third kappa shape index (κ3) is 4.20. The number of fused-ring (bicyclic) bond motifs is 1. The van der Waals surface area contributed by atoms with E-state index >= 15 is 0 Å². The molecule has 1 aromatic carbocycles. The number of carbonyl (C=O) groups excluding carboxylic acids is 3. The first-order chi connectivity index (χ1) is 15.9. The highest BCUT2D eigenvalue weighted by Gasteiger charge is 2.49. The molecule has 33 heavy (non-hydrogen) atoms. The number of imide groups is 1. The van der Waals surface area contributed by atoms with Crippen LogP contribution in [-0.4, -0.2) is 53.7 Å². The zero-order valence-electron chi connectivity index (χ0n) is 19.4. The van der Waals surface area contributed by atoms with E-state index in [1.165, 1.54) is 6.07 Å². The van der Waals surface area contributed by atoms with Gasteiger partial charge in [-0.05, 0) is 51.7 Å². The van der Waals surface area contributed by atoms with E-state index in [2.05, 4.69) is 0 Å². The Morgan fingerprint density at radius 3 is 2.27 bits per heavy atom. The van der Waals surface area contributed by atoms with E-state index in [0.717, 1.165) is 30.6 Å². The molecular formula is C24H32N4O5. The second-order valence-electron chi connectivity index (χ2n) is 9.24. The first-order valence-electron chi connectivity index (χ1n) is 12.1. The summed E-state index contributed by atoms with van der Waals surface area (Å²) in [6, 6.07) is 4.60. The number of rotatable bonds is 6. The molecule has 3 atom stereocenters. The zero-order chi connectivity index (χ0) is 23.7. The Bertz CT molecular complexity index is 936. The number of hydrogen-bond donors (Lipinski definition) is 0. The molecule has 0 unspecified atom stereocenters. The molecule has 178 valence electrons. The topological polar surface area (TPSA) is 104 Å². The van der Waals surface area contributed by atoms with Crippen LogP contribution in [0.3, 0.4) is 0 Å². The van der Waals surface area contributed by atoms with Crippen molar-refractivity contribution in [3.8, 4) is 0 Å². The van der Waals surface area contributed by atoms with Crippen LogP contribution >= 0.6 is 0 Å². The zero-order valence-corrected chi connectivity index (χ0v) is 19.4. The number of piperidine rings is 1. The maximum Gasteiger partial charge on any atom is 0.294 e. The predicted molar refractivity (Wildman–Crippen MR) is 124 cm³/mol. The van der Waals surface area contributed by atoms with Gasteiger partial charge in [0, 0.05) is 32.2 Å². The lowest BCUT2D eigenvalue weighted by atomic mass is 9.81. The molecule has 0 spiro atoms. The lowest BCUT2D eigenvalue weighted by Crippen LogP contribution is -2.45. The molecule has 1 aromatic rings. The number of benzene rings is 1. The summed E-state index contributed by atoms with van der Waals surface area (Å²) in [4.78, 5) is 55.1. The van der Waals surface area contributed by atoms with Crippen molar-refractivity contribution in [2.24, 2.45) is 17.8 Å². The molecule has 3 amide bonds. The Morgan fingerprint density at radius 1 is 1.06 bits per heavy atom. The minimum absolute atomic E-state index is 0.0832. The smallest absolute Gasteiger partial charge is 0.294 e. The van der Waals surface area contributed by atoms with Crippen LogP contribution in [0.2, 0.25) is 0 Å². The Hall–Kier alpha value is -2.97. The van der Waals surface area contributed by atoms with Gasteiger partial charge in [-0.2, -0.15) is 0 Å². The van der Waals surface area contributed by atoms with Crippen LogP contribution in [0.25, 0.3) is 0 Å². The standard InChI is InChI=1S/C24H32N4O5/c1-3-25(4-2)22(29)16-8-7-13-26(15-16)20-12-11-17(14-21(20)28(32)33)27-23(30)18-9-5-6-10-19(18)24(27)31/h11-12,14,16,18-19H,3-10,13,15H2,1-2H3/t16-,18-,19+/m0/s1. The fourth-order valence-electron chi connectivity index (χ4n) is 5.67. The number of carbonyl (C=O) groups is 3. The number of amides is 3. The molecule has 0 aromatic heterocycles. The quantitative estimate of drug-likeness (QED) is 0.369. The van der Waals surface area contributed by atoms with Crippen LogP contribution in [0.4, 0.5) is 17.1 Å². The van der Waals surface area contributed by atoms with Crippen molar-refractivity contribution >= 4 is 34.8 Å². The Balaban J connectivity index is 1.60. The fourth-order valence-corrected chi connectivity index (χ4v) is 5.67. The second kappa shape index (κ2) is 9.49. The highest BCUT2D eigenvalue weighted by molar-refractivity contribution is 6.22. The molecule has 2 aliphatic heterocycles. The molecule has 4 rings (SSSR count). The molecule has 2 saturated heterocycles. The van der Waals surface area contributed by atoms with E-state index in [-0.39, 0.29) is 46.9 Å². The average molecular weight is 457 g/mol. The normalized spacial score (nSPS) is 25.2. The van der Waals surface area contributed by atoms with E-state index in [1.807, 2.05) is 18.7 Å². The Morgan fingerprint density at radius 2 is 1.70 bits per heavy atom. The molecule has 2 heterocycles. The molecule has 1 saturated carbocycles. The van der Waals surface area contributed by atoms with Crippen LogP contribution in [0, 0.1) is 27.9 Å². The Kier molecular flexibility index (Phi) is 6.67. The van der Waals surface area contributed by atoms with Crippen molar-refractivity contribution < 1.29 is 19.3 Å². The third-order valence-electron chi connectivity index (χ3n) is 7.44. The van der Waals surface area contributed by atoms with Gasteiger partial charge in [0.2, 0.25) is 17.7 Å². The lowest BCUT2D eigenvalue weighted by molar-refractivity contribution is -0.384. The van der Waals surface area contributed by atoms with Crippen LogP contribution in [0.5, 0.6) is 0 Å². The van der Waals surface area contributed by atoms with E-state index in [0.29, 0.717) is 44.7 Å². The summed E-state index contributed by atoms with van der Waals surface area (Å²) in [5.74, 6) is -1.22. The molecule has 0 radical (unpaired) electrons. The minimum atomic E-state index is -0.466. The third-order valence-corrected chi connectivity index (χ3v) is 7.44. The maximum absolute atomic E-state index is 12.9. The molecule has 0 bridgehead atoms. The van der Waals surface area contributed by atoms with Gasteiger partial charge >= 0.3 is 0 Å². The van der Waals surface area contributed by atoms with Crippen LogP contribution in [-0.2, 0) is 14.4 Å². The monoisotopic (exact) mass is 456 g/mol. The summed E-state index contributed by atoms with van der Waals surface area (Å²) >= 11 is 0. The molecule has 3 fully saturated rings. The number of nitro benzene ring substituents is 1. The fraction of sp³-hybridized carbons (Fsp3) is 0.625. The van der Waals surface area contributed by atoms with E-state index in [4.69, 9.17) is 0 Å². The summed E-state index contributed by atoms with van der Waals surface area (Å²) in [6.45, 7) is 6.21. The van der Waals surface area contributed by atoms with Crippen LogP contribution in [0.1, 0.15) is 52.4 Å². The Labute approximate surface area is 193 Å². The molecule has 0 N–H and O–H groups in total. The molecule has 9 heteroatoms. The summed E-state index contributed by atoms with van der Waals surface area (Å²) in [5.41, 5.74) is 0.554. The largest absolute Gasteiger partial charge is 0.365 e. The SMILES string of the molecule is CCN(CC)C(=O)[C@H]1CCCN(c2ccc(N3C(=O)[C@H]4CCCC[C@H]4C3=O)cc2[N+](=O)[O-])C1. The highest BCUT2D eigenvalue weighted by Crippen LogP contribution is 2.42. The first kappa shape index (κ1) is 23.2. The summed E-state index contributed by atoms with van der Waals surface area (Å²) in [7, 11) is 0. The van der Waals surface area contributed by atoms with Gasteiger partial charge in [0.15, 0.2) is 0 Å². The molecular weight excluding hydrogens is 424 g/mol. The molecule has 9 nitrogen and oxygen atoms in total. The van der Waals surface area contributed by atoms with Crippen molar-refractivity contribution in [2.45, 2.75) is 52.4 Å². The maximum atomic E-state index is 12.9. The van der Waals surface area contributed by atoms with Gasteiger partial charge in [0.1, 0.15) is 5.69 Å². The number of hydrogen-bond acceptors (Lipinski definition) is 6. The number of nitro groups is 1. The van der Waals surface area contributed by atoms with E-state index < -0.39 is 4.92 Å². The number of anilines is 2. The van der Waals surface area contributed by atoms with Crippen molar-refractivity contribution in [1.82, 2.24) is 4.90 Å². The van der Waals surface area contributed by atoms with Gasteiger partial charge in [-0.1, -0.05) is 12.8 Å². The molecule has 3 aliphatic rings. The average Bonchev–Trinajstić information content (AvgIpc) is 3.09. The van der Waals surface area contributed by atoms with Crippen molar-refractivity contribution in [3.63, 3.8) is 0 Å².